The minimum absolute atomic E-state index is 0.0793. The number of aliphatic hydroxyl groups excluding tert-OH is 1. The van der Waals surface area contributed by atoms with E-state index in [1.807, 2.05) is 35.2 Å². The number of aliphatic hydroxyl groups is 1. The number of hydrogen-bond donors (Lipinski definition) is 1. The second kappa shape index (κ2) is 12.9. The molecule has 0 saturated carbocycles. The number of nitrogens with zero attached hydrogens (tertiary/aromatic N) is 4. The van der Waals surface area contributed by atoms with E-state index in [-0.39, 0.29) is 30.9 Å². The molecule has 4 saturated heterocycles. The van der Waals surface area contributed by atoms with Crippen molar-refractivity contribution in [1.29, 1.82) is 0 Å². The van der Waals surface area contributed by atoms with Gasteiger partial charge in [0.2, 0.25) is 17.7 Å². The fraction of sp³-hybridized carbons (Fsp3) is 0.594. The highest BCUT2D eigenvalue weighted by molar-refractivity contribution is 8.02. The lowest BCUT2D eigenvalue weighted by Crippen LogP contribution is -2.56. The molecular weight excluding hydrogens is 552 g/mol. The summed E-state index contributed by atoms with van der Waals surface area (Å²) in [7, 11) is 0. The first-order chi connectivity index (χ1) is 20.3. The molecule has 1 N–H and O–H groups in total. The molecule has 4 aliphatic heterocycles. The van der Waals surface area contributed by atoms with Crippen LogP contribution in [0.25, 0.3) is 0 Å². The maximum Gasteiger partial charge on any atom is 0.247 e. The molecule has 1 spiro atoms. The Labute approximate surface area is 253 Å². The summed E-state index contributed by atoms with van der Waals surface area (Å²) in [4.78, 5) is 50.9. The minimum atomic E-state index is -0.701. The third-order valence-corrected chi connectivity index (χ3v) is 11.4. The number of carbonyl (C=O) groups excluding carboxylic acids is 3. The van der Waals surface area contributed by atoms with Gasteiger partial charge in [-0.05, 0) is 38.3 Å². The van der Waals surface area contributed by atoms with Crippen molar-refractivity contribution < 1.29 is 24.2 Å². The van der Waals surface area contributed by atoms with Gasteiger partial charge in [0.05, 0.1) is 29.8 Å². The number of benzene rings is 1. The van der Waals surface area contributed by atoms with Crippen molar-refractivity contribution in [3.63, 3.8) is 0 Å². The number of amides is 3. The third-order valence-electron chi connectivity index (χ3n) is 9.43. The molecule has 10 heteroatoms. The van der Waals surface area contributed by atoms with Gasteiger partial charge in [0.25, 0.3) is 0 Å². The van der Waals surface area contributed by atoms with Gasteiger partial charge >= 0.3 is 0 Å². The molecule has 5 atom stereocenters. The topological polar surface area (TPSA) is 93.6 Å². The Morgan fingerprint density at radius 1 is 1.10 bits per heavy atom. The van der Waals surface area contributed by atoms with Gasteiger partial charge in [0.1, 0.15) is 6.04 Å². The molecule has 228 valence electrons. The molecule has 0 aliphatic carbocycles. The van der Waals surface area contributed by atoms with E-state index >= 15 is 0 Å². The Morgan fingerprint density at radius 3 is 2.48 bits per heavy atom. The quantitative estimate of drug-likeness (QED) is 0.350. The maximum atomic E-state index is 14.5. The van der Waals surface area contributed by atoms with E-state index < -0.39 is 27.4 Å². The van der Waals surface area contributed by atoms with E-state index in [1.165, 1.54) is 0 Å². The molecule has 0 radical (unpaired) electrons. The molecule has 42 heavy (non-hydrogen) atoms. The molecular formula is C32H44N4O5S. The number of para-hydroxylation sites is 1. The first kappa shape index (κ1) is 30.8. The molecule has 4 heterocycles. The second-order valence-electron chi connectivity index (χ2n) is 11.9. The lowest BCUT2D eigenvalue weighted by molar-refractivity contribution is -0.143. The zero-order valence-corrected chi connectivity index (χ0v) is 25.5. The average molecular weight is 597 g/mol. The number of hydrogen-bond acceptors (Lipinski definition) is 7. The normalized spacial score (nSPS) is 30.3. The van der Waals surface area contributed by atoms with Crippen LogP contribution in [-0.2, 0) is 19.1 Å². The van der Waals surface area contributed by atoms with Crippen molar-refractivity contribution >= 4 is 35.2 Å². The largest absolute Gasteiger partial charge is 0.396 e. The Bertz CT molecular complexity index is 1180. The number of likely N-dealkylation sites (tertiary alicyclic amines) is 1. The SMILES string of the molecule is C=CCN(CCN1CCOCC1)C(=O)C1N(CCCO)C(=O)[C@@H]2[C@H](C(=O)N(CC=C)c3ccccc3)[C@]3(C)CCC12S3. The smallest absolute Gasteiger partial charge is 0.247 e. The summed E-state index contributed by atoms with van der Waals surface area (Å²) in [6, 6.07) is 8.81. The fourth-order valence-corrected chi connectivity index (χ4v) is 9.84. The van der Waals surface area contributed by atoms with E-state index in [2.05, 4.69) is 25.0 Å². The highest BCUT2D eigenvalue weighted by atomic mass is 32.2. The molecule has 2 unspecified atom stereocenters. The molecule has 1 aromatic rings. The van der Waals surface area contributed by atoms with Crippen molar-refractivity contribution in [2.45, 2.75) is 41.7 Å². The predicted octanol–water partition coefficient (Wildman–Crippen LogP) is 2.42. The highest BCUT2D eigenvalue weighted by Crippen LogP contribution is 2.71. The molecule has 4 fully saturated rings. The highest BCUT2D eigenvalue weighted by Gasteiger charge is 2.77. The van der Waals surface area contributed by atoms with Crippen LogP contribution >= 0.6 is 11.8 Å². The third kappa shape index (κ3) is 5.42. The Kier molecular flexibility index (Phi) is 9.47. The molecule has 2 bridgehead atoms. The van der Waals surface area contributed by atoms with E-state index in [1.54, 1.807) is 33.7 Å². The summed E-state index contributed by atoms with van der Waals surface area (Å²) >= 11 is 1.68. The van der Waals surface area contributed by atoms with Gasteiger partial charge < -0.3 is 24.5 Å². The number of rotatable bonds is 13. The summed E-state index contributed by atoms with van der Waals surface area (Å²) in [6.45, 7) is 15.1. The summed E-state index contributed by atoms with van der Waals surface area (Å²) in [6.07, 6.45) is 5.27. The van der Waals surface area contributed by atoms with Crippen molar-refractivity contribution in [2.75, 3.05) is 70.5 Å². The number of thioether (sulfide) groups is 1. The number of ether oxygens (including phenoxy) is 1. The van der Waals surface area contributed by atoms with Gasteiger partial charge in [-0.25, -0.2) is 0 Å². The number of anilines is 1. The van der Waals surface area contributed by atoms with Gasteiger partial charge in [-0.1, -0.05) is 30.4 Å². The molecule has 3 amide bonds. The van der Waals surface area contributed by atoms with Crippen LogP contribution < -0.4 is 4.90 Å². The van der Waals surface area contributed by atoms with Gasteiger partial charge in [0.15, 0.2) is 0 Å². The van der Waals surface area contributed by atoms with Crippen LogP contribution in [0, 0.1) is 11.8 Å². The number of morpholine rings is 1. The first-order valence-electron chi connectivity index (χ1n) is 15.1. The zero-order chi connectivity index (χ0) is 29.9. The molecule has 1 aromatic carbocycles. The van der Waals surface area contributed by atoms with Crippen molar-refractivity contribution in [3.05, 3.63) is 55.6 Å². The van der Waals surface area contributed by atoms with Gasteiger partial charge in [-0.3, -0.25) is 19.3 Å². The van der Waals surface area contributed by atoms with E-state index in [9.17, 15) is 19.5 Å². The zero-order valence-electron chi connectivity index (χ0n) is 24.7. The minimum Gasteiger partial charge on any atom is -0.396 e. The monoisotopic (exact) mass is 596 g/mol. The van der Waals surface area contributed by atoms with Crippen LogP contribution in [0.1, 0.15) is 26.2 Å². The Morgan fingerprint density at radius 2 is 1.81 bits per heavy atom. The lowest BCUT2D eigenvalue weighted by Gasteiger charge is -2.38. The van der Waals surface area contributed by atoms with Gasteiger partial charge in [0, 0.05) is 62.9 Å². The number of carbonyl (C=O) groups is 3. The van der Waals surface area contributed by atoms with Crippen LogP contribution in [0.4, 0.5) is 5.69 Å². The standard InChI is InChI=1S/C32H44N4O5S/c1-4-14-34(18-17-33-19-22-41-23-20-33)30(40)27-32-13-12-31(3,42-32)25(26(32)29(39)36(27)16-9-21-37)28(38)35(15-5-2)24-10-7-6-8-11-24/h4-8,10-11,25-27,37H,1-2,9,12-23H2,3H3/t25-,26+,27?,31+,32?/m1/s1. The lowest BCUT2D eigenvalue weighted by atomic mass is 9.66. The summed E-state index contributed by atoms with van der Waals surface area (Å²) in [5.41, 5.74) is 0.767. The van der Waals surface area contributed by atoms with Crippen LogP contribution in [0.3, 0.4) is 0 Å². The van der Waals surface area contributed by atoms with Crippen LogP contribution in [0.5, 0.6) is 0 Å². The van der Waals surface area contributed by atoms with Crippen LogP contribution in [0.2, 0.25) is 0 Å². The van der Waals surface area contributed by atoms with Gasteiger partial charge in [-0.15, -0.1) is 24.9 Å². The second-order valence-corrected chi connectivity index (χ2v) is 13.8. The molecule has 4 aliphatic rings. The first-order valence-corrected chi connectivity index (χ1v) is 15.9. The van der Waals surface area contributed by atoms with Crippen molar-refractivity contribution in [3.8, 4) is 0 Å². The molecule has 9 nitrogen and oxygen atoms in total. The van der Waals surface area contributed by atoms with E-state index in [0.717, 1.165) is 31.7 Å². The fourth-order valence-electron chi connectivity index (χ4n) is 7.50. The summed E-state index contributed by atoms with van der Waals surface area (Å²) < 4.78 is 4.31. The maximum absolute atomic E-state index is 14.5. The predicted molar refractivity (Wildman–Crippen MR) is 165 cm³/mol. The summed E-state index contributed by atoms with van der Waals surface area (Å²) in [5, 5.41) is 9.69. The van der Waals surface area contributed by atoms with Crippen LogP contribution in [0.15, 0.2) is 55.6 Å². The van der Waals surface area contributed by atoms with Crippen LogP contribution in [-0.4, -0.2) is 119 Å². The van der Waals surface area contributed by atoms with E-state index in [4.69, 9.17) is 4.74 Å². The average Bonchev–Trinajstić information content (AvgIpc) is 3.57. The molecule has 0 aromatic heterocycles. The van der Waals surface area contributed by atoms with Crippen molar-refractivity contribution in [2.24, 2.45) is 11.8 Å². The van der Waals surface area contributed by atoms with Gasteiger partial charge in [-0.2, -0.15) is 0 Å². The Hall–Kier alpha value is -2.66. The Balaban J connectivity index is 1.48. The summed E-state index contributed by atoms with van der Waals surface area (Å²) in [5.74, 6) is -1.51. The molecule has 5 rings (SSSR count). The van der Waals surface area contributed by atoms with E-state index in [0.29, 0.717) is 45.7 Å². The van der Waals surface area contributed by atoms with Crippen molar-refractivity contribution in [1.82, 2.24) is 14.7 Å². The number of fused-ring (bicyclic) bond motifs is 1.